The van der Waals surface area contributed by atoms with Gasteiger partial charge in [0.1, 0.15) is 18.3 Å². The van der Waals surface area contributed by atoms with Crippen LogP contribution in [0.2, 0.25) is 0 Å². The number of rotatable bonds is 3. The van der Waals surface area contributed by atoms with Crippen molar-refractivity contribution in [2.45, 2.75) is 24.5 Å². The van der Waals surface area contributed by atoms with Crippen LogP contribution in [0, 0.1) is 0 Å². The second-order valence-corrected chi connectivity index (χ2v) is 6.23. The summed E-state index contributed by atoms with van der Waals surface area (Å²) in [5.74, 6) is 0.241. The first kappa shape index (κ1) is 17.2. The second-order valence-electron chi connectivity index (χ2n) is 6.23. The van der Waals surface area contributed by atoms with Crippen molar-refractivity contribution in [3.05, 3.63) is 10.4 Å². The van der Waals surface area contributed by atoms with E-state index in [1.165, 1.54) is 4.57 Å². The number of ether oxygens (including phenoxy) is 2. The number of nitrogens with two attached hydrogens (primary N) is 1. The van der Waals surface area contributed by atoms with Crippen LogP contribution in [0.3, 0.4) is 0 Å². The standard InChI is InChI=1S/C14H20N6O6/c15-13-17-10-7(11(24)18-13)16-14(19-1-3-25-4-2-19)20(10)12-9(23)8(22)6(5-21)26-12/h6,8-9,12,21-23H,1-5H2,(H3,15,17,18,24)/t6-,8-,9+,12-/m1/s1. The Morgan fingerprint density at radius 1 is 1.23 bits per heavy atom. The van der Waals surface area contributed by atoms with Crippen molar-refractivity contribution in [2.24, 2.45) is 0 Å². The van der Waals surface area contributed by atoms with E-state index in [1.54, 1.807) is 0 Å². The van der Waals surface area contributed by atoms with E-state index in [9.17, 15) is 20.1 Å². The third-order valence-corrected chi connectivity index (χ3v) is 4.62. The summed E-state index contributed by atoms with van der Waals surface area (Å²) in [6.45, 7) is 1.53. The van der Waals surface area contributed by atoms with Crippen molar-refractivity contribution in [1.29, 1.82) is 0 Å². The van der Waals surface area contributed by atoms with Crippen molar-refractivity contribution >= 4 is 23.1 Å². The smallest absolute Gasteiger partial charge is 0.280 e. The summed E-state index contributed by atoms with van der Waals surface area (Å²) in [7, 11) is 0. The highest BCUT2D eigenvalue weighted by Crippen LogP contribution is 2.35. The maximum Gasteiger partial charge on any atom is 0.280 e. The lowest BCUT2D eigenvalue weighted by Crippen LogP contribution is -2.39. The molecule has 0 aromatic carbocycles. The van der Waals surface area contributed by atoms with Crippen molar-refractivity contribution in [3.8, 4) is 0 Å². The average molecular weight is 368 g/mol. The predicted octanol–water partition coefficient (Wildman–Crippen LogP) is -2.85. The zero-order valence-electron chi connectivity index (χ0n) is 13.8. The molecule has 12 nitrogen and oxygen atoms in total. The van der Waals surface area contributed by atoms with Gasteiger partial charge in [0.05, 0.1) is 19.8 Å². The molecule has 12 heteroatoms. The van der Waals surface area contributed by atoms with E-state index in [0.29, 0.717) is 32.3 Å². The van der Waals surface area contributed by atoms with E-state index in [0.717, 1.165) is 0 Å². The molecule has 0 aliphatic carbocycles. The second kappa shape index (κ2) is 6.48. The zero-order valence-corrected chi connectivity index (χ0v) is 13.8. The Kier molecular flexibility index (Phi) is 4.28. The molecule has 0 saturated carbocycles. The fourth-order valence-corrected chi connectivity index (χ4v) is 3.30. The van der Waals surface area contributed by atoms with Crippen LogP contribution in [0.25, 0.3) is 11.2 Å². The summed E-state index contributed by atoms with van der Waals surface area (Å²) in [5, 5.41) is 29.9. The number of aromatic amines is 1. The quantitative estimate of drug-likeness (QED) is 0.379. The number of aliphatic hydroxyl groups excluding tert-OH is 3. The molecule has 4 rings (SSSR count). The Morgan fingerprint density at radius 3 is 2.62 bits per heavy atom. The van der Waals surface area contributed by atoms with Crippen molar-refractivity contribution in [3.63, 3.8) is 0 Å². The molecule has 0 unspecified atom stereocenters. The molecule has 0 amide bonds. The molecule has 2 aromatic heterocycles. The number of aromatic nitrogens is 4. The summed E-state index contributed by atoms with van der Waals surface area (Å²) in [6.07, 6.45) is -4.69. The number of hydrogen-bond acceptors (Lipinski definition) is 10. The van der Waals surface area contributed by atoms with Crippen LogP contribution in [0.4, 0.5) is 11.9 Å². The number of imidazole rings is 1. The number of aliphatic hydroxyl groups is 3. The van der Waals surface area contributed by atoms with Gasteiger partial charge in [0, 0.05) is 13.1 Å². The van der Waals surface area contributed by atoms with Gasteiger partial charge >= 0.3 is 0 Å². The van der Waals surface area contributed by atoms with Crippen LogP contribution in [0.5, 0.6) is 0 Å². The molecule has 0 spiro atoms. The summed E-state index contributed by atoms with van der Waals surface area (Å²) in [4.78, 5) is 25.0. The highest BCUT2D eigenvalue weighted by Gasteiger charge is 2.45. The first-order chi connectivity index (χ1) is 12.5. The Hall–Kier alpha value is -2.25. The normalized spacial score (nSPS) is 29.6. The molecule has 142 valence electrons. The third kappa shape index (κ3) is 2.62. The summed E-state index contributed by atoms with van der Waals surface area (Å²) in [6, 6.07) is 0. The van der Waals surface area contributed by atoms with Crippen molar-refractivity contribution in [2.75, 3.05) is 43.5 Å². The van der Waals surface area contributed by atoms with E-state index in [4.69, 9.17) is 15.2 Å². The number of fused-ring (bicyclic) bond motifs is 1. The first-order valence-corrected chi connectivity index (χ1v) is 8.24. The fraction of sp³-hybridized carbons (Fsp3) is 0.643. The van der Waals surface area contributed by atoms with Gasteiger partial charge in [-0.05, 0) is 0 Å². The molecule has 0 bridgehead atoms. The van der Waals surface area contributed by atoms with Gasteiger partial charge in [-0.15, -0.1) is 0 Å². The van der Waals surface area contributed by atoms with Gasteiger partial charge in [0.2, 0.25) is 11.9 Å². The van der Waals surface area contributed by atoms with Gasteiger partial charge < -0.3 is 35.4 Å². The number of morpholine rings is 1. The largest absolute Gasteiger partial charge is 0.394 e. The number of nitrogens with zero attached hydrogens (tertiary/aromatic N) is 4. The molecule has 26 heavy (non-hydrogen) atoms. The monoisotopic (exact) mass is 368 g/mol. The molecule has 2 fully saturated rings. The average Bonchev–Trinajstić information content (AvgIpc) is 3.14. The first-order valence-electron chi connectivity index (χ1n) is 8.24. The van der Waals surface area contributed by atoms with Crippen LogP contribution in [-0.2, 0) is 9.47 Å². The Bertz CT molecular complexity index is 861. The number of nitrogens with one attached hydrogen (secondary N) is 1. The number of anilines is 2. The summed E-state index contributed by atoms with van der Waals surface area (Å²) >= 11 is 0. The Morgan fingerprint density at radius 2 is 1.96 bits per heavy atom. The number of hydrogen-bond donors (Lipinski definition) is 5. The van der Waals surface area contributed by atoms with E-state index < -0.39 is 36.7 Å². The molecule has 2 aromatic rings. The highest BCUT2D eigenvalue weighted by atomic mass is 16.6. The minimum atomic E-state index is -1.34. The van der Waals surface area contributed by atoms with E-state index >= 15 is 0 Å². The predicted molar refractivity (Wildman–Crippen MR) is 88.6 cm³/mol. The van der Waals surface area contributed by atoms with Gasteiger partial charge in [-0.1, -0.05) is 0 Å². The summed E-state index contributed by atoms with van der Waals surface area (Å²) < 4.78 is 12.4. The minimum absolute atomic E-state index is 0.0402. The number of H-pyrrole nitrogens is 1. The highest BCUT2D eigenvalue weighted by molar-refractivity contribution is 5.75. The van der Waals surface area contributed by atoms with E-state index in [-0.39, 0.29) is 17.1 Å². The van der Waals surface area contributed by atoms with E-state index in [2.05, 4.69) is 15.0 Å². The van der Waals surface area contributed by atoms with Crippen LogP contribution in [-0.4, -0.2) is 86.1 Å². The van der Waals surface area contributed by atoms with Crippen LogP contribution < -0.4 is 16.2 Å². The SMILES string of the molecule is Nc1nc2c(nc(N3CCOCC3)n2[C@@H]2O[C@H](CO)[C@@H](O)[C@@H]2O)c(=O)[nH]1. The summed E-state index contributed by atoms with van der Waals surface area (Å²) in [5.41, 5.74) is 5.31. The lowest BCUT2D eigenvalue weighted by molar-refractivity contribution is -0.0506. The van der Waals surface area contributed by atoms with Crippen LogP contribution >= 0.6 is 0 Å². The number of nitrogen functional groups attached to an aromatic ring is 1. The molecular weight excluding hydrogens is 348 g/mol. The van der Waals surface area contributed by atoms with Crippen LogP contribution in [0.15, 0.2) is 4.79 Å². The maximum atomic E-state index is 12.2. The Labute approximate surface area is 146 Å². The van der Waals surface area contributed by atoms with Crippen molar-refractivity contribution in [1.82, 2.24) is 19.5 Å². The van der Waals surface area contributed by atoms with Gasteiger partial charge in [0.15, 0.2) is 17.4 Å². The lowest BCUT2D eigenvalue weighted by Gasteiger charge is -2.30. The molecular formula is C14H20N6O6. The van der Waals surface area contributed by atoms with Gasteiger partial charge in [-0.25, -0.2) is 4.98 Å². The zero-order chi connectivity index (χ0) is 18.4. The minimum Gasteiger partial charge on any atom is -0.394 e. The fourth-order valence-electron chi connectivity index (χ4n) is 3.30. The van der Waals surface area contributed by atoms with E-state index in [1.807, 2.05) is 4.90 Å². The molecule has 2 aliphatic rings. The van der Waals surface area contributed by atoms with Crippen LogP contribution in [0.1, 0.15) is 6.23 Å². The molecule has 2 aliphatic heterocycles. The lowest BCUT2D eigenvalue weighted by atomic mass is 10.1. The third-order valence-electron chi connectivity index (χ3n) is 4.62. The van der Waals surface area contributed by atoms with Gasteiger partial charge in [-0.2, -0.15) is 4.98 Å². The topological polar surface area (TPSA) is 172 Å². The maximum absolute atomic E-state index is 12.2. The Balaban J connectivity index is 1.89. The van der Waals surface area contributed by atoms with Gasteiger partial charge in [-0.3, -0.25) is 14.3 Å². The molecule has 0 radical (unpaired) electrons. The molecule has 4 heterocycles. The molecule has 6 N–H and O–H groups in total. The van der Waals surface area contributed by atoms with Gasteiger partial charge in [0.25, 0.3) is 5.56 Å². The van der Waals surface area contributed by atoms with Crippen molar-refractivity contribution < 1.29 is 24.8 Å². The molecule has 4 atom stereocenters. The molecule has 2 saturated heterocycles.